The number of thiocarbonyl (C=S) groups is 1. The maximum absolute atomic E-state index is 12.8. The number of primary sulfonamides is 1. The Kier molecular flexibility index (Phi) is 6.78. The van der Waals surface area contributed by atoms with Crippen molar-refractivity contribution in [3.63, 3.8) is 0 Å². The molecule has 2 N–H and O–H groups in total. The predicted octanol–water partition coefficient (Wildman–Crippen LogP) is 2.47. The van der Waals surface area contributed by atoms with Crippen LogP contribution in [0, 0.1) is 0 Å². The van der Waals surface area contributed by atoms with Gasteiger partial charge in [-0.3, -0.25) is 0 Å². The summed E-state index contributed by atoms with van der Waals surface area (Å²) in [4.78, 5) is 2.53. The van der Waals surface area contributed by atoms with E-state index in [0.29, 0.717) is 25.1 Å². The summed E-state index contributed by atoms with van der Waals surface area (Å²) in [5.74, 6) is 0. The normalized spacial score (nSPS) is 13.7. The lowest BCUT2D eigenvalue weighted by molar-refractivity contribution is -0.137. The maximum Gasteiger partial charge on any atom is 0.416 e. The second-order valence-electron chi connectivity index (χ2n) is 4.17. The average Bonchev–Trinajstić information content (AvgIpc) is 2.44. The van der Waals surface area contributed by atoms with Crippen LogP contribution in [0.15, 0.2) is 44.5 Å². The summed E-state index contributed by atoms with van der Waals surface area (Å²) in [5, 5.41) is 8.12. The number of halogens is 3. The second kappa shape index (κ2) is 7.93. The number of sulfonamides is 1. The molecule has 0 spiro atoms. The summed E-state index contributed by atoms with van der Waals surface area (Å²) >= 11 is 4.35. The summed E-state index contributed by atoms with van der Waals surface area (Å²) < 4.78 is 73.0. The highest BCUT2D eigenvalue weighted by Gasteiger charge is 2.32. The molecule has 0 saturated carbocycles. The Bertz CT molecular complexity index is 782. The molecule has 0 aromatic heterocycles. The fourth-order valence-corrected chi connectivity index (χ4v) is 3.14. The van der Waals surface area contributed by atoms with Crippen molar-refractivity contribution in [3.05, 3.63) is 35.2 Å². The van der Waals surface area contributed by atoms with E-state index in [0.717, 1.165) is 11.5 Å². The first kappa shape index (κ1) is 19.7. The first-order chi connectivity index (χ1) is 10.6. The van der Waals surface area contributed by atoms with Crippen LogP contribution in [0.2, 0.25) is 0 Å². The lowest BCUT2D eigenvalue weighted by atomic mass is 10.2. The Balaban J connectivity index is 3.20. The van der Waals surface area contributed by atoms with Crippen LogP contribution in [0.5, 0.6) is 0 Å². The molecule has 0 aliphatic rings. The molecule has 1 rings (SSSR count). The van der Waals surface area contributed by atoms with Gasteiger partial charge in [0.1, 0.15) is 0 Å². The second-order valence-corrected chi connectivity index (χ2v) is 7.25. The molecule has 0 radical (unpaired) electrons. The third-order valence-corrected chi connectivity index (χ3v) is 4.62. The van der Waals surface area contributed by atoms with Crippen LogP contribution in [-0.4, -0.2) is 24.3 Å². The number of benzene rings is 1. The Morgan fingerprint density at radius 3 is 2.52 bits per heavy atom. The number of alkyl halides is 3. The molecule has 0 fully saturated rings. The Morgan fingerprint density at radius 1 is 1.35 bits per heavy atom. The predicted molar refractivity (Wildman–Crippen MR) is 82.9 cm³/mol. The van der Waals surface area contributed by atoms with Crippen LogP contribution in [0.3, 0.4) is 0 Å². The minimum atomic E-state index is -4.79. The van der Waals surface area contributed by atoms with Crippen LogP contribution >= 0.6 is 12.2 Å². The van der Waals surface area contributed by atoms with Gasteiger partial charge in [0.2, 0.25) is 10.0 Å². The van der Waals surface area contributed by atoms with E-state index in [4.69, 9.17) is 5.14 Å². The maximum atomic E-state index is 12.8. The van der Waals surface area contributed by atoms with Crippen LogP contribution in [0.25, 0.3) is 0 Å². The molecule has 1 unspecified atom stereocenters. The van der Waals surface area contributed by atoms with Gasteiger partial charge in [0.15, 0.2) is 0 Å². The SMILES string of the molecule is NS(=O)(=O)c1cc(S(=O)/C=C/CCN=C=S)cc(C(F)(F)F)c1. The van der Waals surface area contributed by atoms with Crippen LogP contribution in [-0.2, 0) is 27.0 Å². The monoisotopic (exact) mass is 384 g/mol. The van der Waals surface area contributed by atoms with Gasteiger partial charge in [-0.15, -0.1) is 0 Å². The van der Waals surface area contributed by atoms with Gasteiger partial charge < -0.3 is 0 Å². The molecular formula is C12H11F3N2O3S3. The highest BCUT2D eigenvalue weighted by Crippen LogP contribution is 2.32. The minimum absolute atomic E-state index is 0.294. The summed E-state index contributed by atoms with van der Waals surface area (Å²) in [7, 11) is -6.34. The van der Waals surface area contributed by atoms with Crippen molar-refractivity contribution in [2.24, 2.45) is 10.1 Å². The highest BCUT2D eigenvalue weighted by atomic mass is 32.2. The molecule has 126 valence electrons. The average molecular weight is 384 g/mol. The minimum Gasteiger partial charge on any atom is -0.250 e. The fraction of sp³-hybridized carbons (Fsp3) is 0.250. The lowest BCUT2D eigenvalue weighted by Crippen LogP contribution is -2.15. The standard InChI is InChI=1S/C12H11F3N2O3S3/c13-12(14,15)9-5-10(7-11(6-9)23(16,19)20)22(18)4-2-1-3-17-8-21/h2,4-7H,1,3H2,(H2,16,19,20)/b4-2+. The Morgan fingerprint density at radius 2 is 2.00 bits per heavy atom. The third-order valence-electron chi connectivity index (χ3n) is 2.46. The molecule has 1 aromatic rings. The molecule has 0 aliphatic carbocycles. The van der Waals surface area contributed by atoms with Crippen molar-refractivity contribution in [3.8, 4) is 0 Å². The van der Waals surface area contributed by atoms with Gasteiger partial charge in [-0.2, -0.15) is 13.2 Å². The molecule has 0 saturated heterocycles. The summed E-state index contributed by atoms with van der Waals surface area (Å²) in [6.07, 6.45) is -3.00. The number of aliphatic imine (C=N–C) groups is 1. The van der Waals surface area contributed by atoms with E-state index in [1.807, 2.05) is 0 Å². The molecule has 11 heteroatoms. The van der Waals surface area contributed by atoms with Gasteiger partial charge in [-0.25, -0.2) is 22.8 Å². The van der Waals surface area contributed by atoms with E-state index in [2.05, 4.69) is 22.4 Å². The smallest absolute Gasteiger partial charge is 0.250 e. The zero-order valence-corrected chi connectivity index (χ0v) is 13.9. The molecule has 1 atom stereocenters. The quantitative estimate of drug-likeness (QED) is 0.463. The van der Waals surface area contributed by atoms with Gasteiger partial charge in [0.05, 0.1) is 33.0 Å². The number of hydrogen-bond acceptors (Lipinski definition) is 5. The topological polar surface area (TPSA) is 89.6 Å². The van der Waals surface area contributed by atoms with E-state index in [1.54, 1.807) is 0 Å². The molecule has 1 aromatic carbocycles. The van der Waals surface area contributed by atoms with E-state index in [9.17, 15) is 25.8 Å². The van der Waals surface area contributed by atoms with Crippen LogP contribution in [0.1, 0.15) is 12.0 Å². The van der Waals surface area contributed by atoms with E-state index >= 15 is 0 Å². The molecular weight excluding hydrogens is 373 g/mol. The number of nitrogens with zero attached hydrogens (tertiary/aromatic N) is 1. The molecule has 23 heavy (non-hydrogen) atoms. The van der Waals surface area contributed by atoms with Crippen molar-refractivity contribution >= 4 is 38.2 Å². The van der Waals surface area contributed by atoms with Gasteiger partial charge in [-0.05, 0) is 36.8 Å². The van der Waals surface area contributed by atoms with E-state index < -0.39 is 37.5 Å². The van der Waals surface area contributed by atoms with Crippen molar-refractivity contribution in [1.29, 1.82) is 0 Å². The lowest BCUT2D eigenvalue weighted by Gasteiger charge is -2.10. The first-order valence-electron chi connectivity index (χ1n) is 5.91. The van der Waals surface area contributed by atoms with E-state index in [-0.39, 0.29) is 4.90 Å². The van der Waals surface area contributed by atoms with E-state index in [1.165, 1.54) is 6.08 Å². The zero-order chi connectivity index (χ0) is 17.7. The number of rotatable bonds is 6. The molecule has 0 heterocycles. The molecule has 0 amide bonds. The van der Waals surface area contributed by atoms with Crippen LogP contribution < -0.4 is 5.14 Å². The summed E-state index contributed by atoms with van der Waals surface area (Å²) in [6.45, 7) is 0.294. The van der Waals surface area contributed by atoms with Crippen molar-refractivity contribution in [2.45, 2.75) is 22.4 Å². The number of nitrogens with two attached hydrogens (primary N) is 1. The first-order valence-corrected chi connectivity index (χ1v) is 9.08. The third kappa shape index (κ3) is 6.32. The van der Waals surface area contributed by atoms with Gasteiger partial charge >= 0.3 is 6.18 Å². The highest BCUT2D eigenvalue weighted by molar-refractivity contribution is 7.89. The van der Waals surface area contributed by atoms with Gasteiger partial charge in [0.25, 0.3) is 0 Å². The summed E-state index contributed by atoms with van der Waals surface area (Å²) in [5.41, 5.74) is -1.24. The number of hydrogen-bond donors (Lipinski definition) is 1. The van der Waals surface area contributed by atoms with Crippen LogP contribution in [0.4, 0.5) is 13.2 Å². The largest absolute Gasteiger partial charge is 0.416 e. The molecule has 0 bridgehead atoms. The van der Waals surface area contributed by atoms with Crippen molar-refractivity contribution in [1.82, 2.24) is 0 Å². The van der Waals surface area contributed by atoms with Crippen molar-refractivity contribution in [2.75, 3.05) is 6.54 Å². The molecule has 0 aliphatic heterocycles. The zero-order valence-electron chi connectivity index (χ0n) is 11.4. The molecule has 5 nitrogen and oxygen atoms in total. The fourth-order valence-electron chi connectivity index (χ4n) is 1.43. The Labute approximate surface area is 138 Å². The number of isothiocyanates is 1. The van der Waals surface area contributed by atoms with Gasteiger partial charge in [0, 0.05) is 10.3 Å². The van der Waals surface area contributed by atoms with Crippen molar-refractivity contribution < 1.29 is 25.8 Å². The van der Waals surface area contributed by atoms with Gasteiger partial charge in [-0.1, -0.05) is 6.08 Å². The summed E-state index contributed by atoms with van der Waals surface area (Å²) in [6, 6.07) is 1.86. The Hall–Kier alpha value is -1.39.